The monoisotopic (exact) mass is 353 g/mol. The van der Waals surface area contributed by atoms with Crippen molar-refractivity contribution >= 4 is 39.6 Å². The molecule has 5 nitrogen and oxygen atoms in total. The molecule has 4 aromatic rings. The maximum Gasteiger partial charge on any atom is 0.195 e. The van der Waals surface area contributed by atoms with Gasteiger partial charge in [-0.15, -0.1) is 21.5 Å². The SMILES string of the molecule is Cc1ccc(Nc2nc(CSc3nnc4ccccn34)cs2)cc1. The number of fused-ring (bicyclic) bond motifs is 1. The summed E-state index contributed by atoms with van der Waals surface area (Å²) in [6, 6.07) is 14.2. The maximum atomic E-state index is 4.64. The van der Waals surface area contributed by atoms with Crippen molar-refractivity contribution in [2.24, 2.45) is 0 Å². The largest absolute Gasteiger partial charge is 0.332 e. The third-order valence-corrected chi connectivity index (χ3v) is 5.27. The third-order valence-electron chi connectivity index (χ3n) is 3.49. The van der Waals surface area contributed by atoms with E-state index in [0.29, 0.717) is 0 Å². The van der Waals surface area contributed by atoms with Gasteiger partial charge in [-0.05, 0) is 31.2 Å². The van der Waals surface area contributed by atoms with Crippen molar-refractivity contribution in [2.45, 2.75) is 17.8 Å². The Hall–Kier alpha value is -2.38. The van der Waals surface area contributed by atoms with Crippen LogP contribution in [0.5, 0.6) is 0 Å². The molecule has 0 bridgehead atoms. The molecule has 7 heteroatoms. The van der Waals surface area contributed by atoms with Gasteiger partial charge < -0.3 is 5.32 Å². The van der Waals surface area contributed by atoms with Crippen LogP contribution >= 0.6 is 23.1 Å². The molecule has 0 atom stereocenters. The van der Waals surface area contributed by atoms with Crippen molar-refractivity contribution in [3.8, 4) is 0 Å². The lowest BCUT2D eigenvalue weighted by molar-refractivity contribution is 0.920. The van der Waals surface area contributed by atoms with Crippen LogP contribution in [0.2, 0.25) is 0 Å². The van der Waals surface area contributed by atoms with Gasteiger partial charge in [0, 0.05) is 23.0 Å². The van der Waals surface area contributed by atoms with E-state index in [-0.39, 0.29) is 0 Å². The van der Waals surface area contributed by atoms with E-state index in [4.69, 9.17) is 0 Å². The van der Waals surface area contributed by atoms with Crippen LogP contribution in [0.3, 0.4) is 0 Å². The summed E-state index contributed by atoms with van der Waals surface area (Å²) in [5.41, 5.74) is 4.20. The number of thioether (sulfide) groups is 1. The second-order valence-electron chi connectivity index (χ2n) is 5.34. The lowest BCUT2D eigenvalue weighted by Gasteiger charge is -2.02. The second-order valence-corrected chi connectivity index (χ2v) is 7.14. The Kier molecular flexibility index (Phi) is 4.18. The number of rotatable bonds is 5. The molecule has 0 aliphatic carbocycles. The zero-order chi connectivity index (χ0) is 16.4. The molecule has 1 N–H and O–H groups in total. The van der Waals surface area contributed by atoms with Crippen LogP contribution < -0.4 is 5.32 Å². The van der Waals surface area contributed by atoms with Crippen molar-refractivity contribution in [3.63, 3.8) is 0 Å². The predicted molar refractivity (Wildman–Crippen MR) is 99.1 cm³/mol. The average Bonchev–Trinajstić information content (AvgIpc) is 3.22. The van der Waals surface area contributed by atoms with Gasteiger partial charge in [0.15, 0.2) is 15.9 Å². The molecule has 24 heavy (non-hydrogen) atoms. The molecule has 0 radical (unpaired) electrons. The molecule has 1 aromatic carbocycles. The van der Waals surface area contributed by atoms with Crippen LogP contribution in [0.25, 0.3) is 5.65 Å². The molecule has 120 valence electrons. The summed E-state index contributed by atoms with van der Waals surface area (Å²) in [6.07, 6.45) is 1.98. The van der Waals surface area contributed by atoms with Gasteiger partial charge in [0.2, 0.25) is 0 Å². The molecular weight excluding hydrogens is 338 g/mol. The Labute approximate surface area is 147 Å². The van der Waals surface area contributed by atoms with Crippen LogP contribution in [-0.2, 0) is 5.75 Å². The number of aromatic nitrogens is 4. The molecular formula is C17H15N5S2. The maximum absolute atomic E-state index is 4.64. The normalized spacial score (nSPS) is 11.0. The zero-order valence-corrected chi connectivity index (χ0v) is 14.6. The molecule has 0 aliphatic rings. The second kappa shape index (κ2) is 6.62. The highest BCUT2D eigenvalue weighted by Gasteiger charge is 2.08. The summed E-state index contributed by atoms with van der Waals surface area (Å²) in [6.45, 7) is 2.08. The number of nitrogens with zero attached hydrogens (tertiary/aromatic N) is 4. The van der Waals surface area contributed by atoms with Crippen LogP contribution in [-0.4, -0.2) is 19.6 Å². The molecule has 4 rings (SSSR count). The number of hydrogen-bond acceptors (Lipinski definition) is 6. The number of aryl methyl sites for hydroxylation is 1. The molecule has 3 aromatic heterocycles. The number of hydrogen-bond donors (Lipinski definition) is 1. The van der Waals surface area contributed by atoms with Crippen molar-refractivity contribution in [2.75, 3.05) is 5.32 Å². The Morgan fingerprint density at radius 3 is 2.88 bits per heavy atom. The zero-order valence-electron chi connectivity index (χ0n) is 13.0. The molecule has 0 unspecified atom stereocenters. The van der Waals surface area contributed by atoms with E-state index < -0.39 is 0 Å². The number of nitrogens with one attached hydrogen (secondary N) is 1. The van der Waals surface area contributed by atoms with Crippen LogP contribution in [0.1, 0.15) is 11.3 Å². The smallest absolute Gasteiger partial charge is 0.195 e. The van der Waals surface area contributed by atoms with E-state index >= 15 is 0 Å². The Bertz CT molecular complexity index is 958. The van der Waals surface area contributed by atoms with E-state index in [9.17, 15) is 0 Å². The van der Waals surface area contributed by atoms with Crippen LogP contribution in [0, 0.1) is 6.92 Å². The summed E-state index contributed by atoms with van der Waals surface area (Å²) in [4.78, 5) is 4.64. The Morgan fingerprint density at radius 2 is 2.00 bits per heavy atom. The minimum Gasteiger partial charge on any atom is -0.332 e. The number of anilines is 2. The number of benzene rings is 1. The standard InChI is InChI=1S/C17H15N5S2/c1-12-5-7-13(8-6-12)18-16-19-14(10-23-16)11-24-17-21-20-15-4-2-3-9-22(15)17/h2-10H,11H2,1H3,(H,18,19). The van der Waals surface area contributed by atoms with Gasteiger partial charge in [-0.3, -0.25) is 4.40 Å². The lowest BCUT2D eigenvalue weighted by atomic mass is 10.2. The first-order valence-electron chi connectivity index (χ1n) is 7.48. The minimum atomic E-state index is 0.766. The van der Waals surface area contributed by atoms with Gasteiger partial charge in [0.1, 0.15) is 0 Å². The molecule has 0 aliphatic heterocycles. The molecule has 0 amide bonds. The van der Waals surface area contributed by atoms with Gasteiger partial charge in [-0.2, -0.15) is 0 Å². The summed E-state index contributed by atoms with van der Waals surface area (Å²) < 4.78 is 1.99. The summed E-state index contributed by atoms with van der Waals surface area (Å²) in [5.74, 6) is 0.766. The molecule has 0 spiro atoms. The van der Waals surface area contributed by atoms with E-state index in [1.165, 1.54) is 5.56 Å². The van der Waals surface area contributed by atoms with Crippen LogP contribution in [0.4, 0.5) is 10.8 Å². The fraction of sp³-hybridized carbons (Fsp3) is 0.118. The van der Waals surface area contributed by atoms with Gasteiger partial charge in [0.05, 0.1) is 5.69 Å². The number of thiazole rings is 1. The lowest BCUT2D eigenvalue weighted by Crippen LogP contribution is -1.91. The highest BCUT2D eigenvalue weighted by molar-refractivity contribution is 7.98. The Morgan fingerprint density at radius 1 is 1.12 bits per heavy atom. The van der Waals surface area contributed by atoms with Gasteiger partial charge in [-0.1, -0.05) is 35.5 Å². The fourth-order valence-electron chi connectivity index (χ4n) is 2.25. The summed E-state index contributed by atoms with van der Waals surface area (Å²) in [5, 5.41) is 15.6. The van der Waals surface area contributed by atoms with Crippen LogP contribution in [0.15, 0.2) is 59.2 Å². The van der Waals surface area contributed by atoms with Gasteiger partial charge in [-0.25, -0.2) is 4.98 Å². The fourth-order valence-corrected chi connectivity index (χ4v) is 3.90. The quantitative estimate of drug-likeness (QED) is 0.534. The molecule has 3 heterocycles. The summed E-state index contributed by atoms with van der Waals surface area (Å²) >= 11 is 3.25. The van der Waals surface area contributed by atoms with E-state index in [2.05, 4.69) is 57.1 Å². The van der Waals surface area contributed by atoms with Crippen molar-refractivity contribution in [3.05, 3.63) is 65.3 Å². The highest BCUT2D eigenvalue weighted by atomic mass is 32.2. The summed E-state index contributed by atoms with van der Waals surface area (Å²) in [7, 11) is 0. The van der Waals surface area contributed by atoms with E-state index in [1.807, 2.05) is 28.8 Å². The first kappa shape index (κ1) is 15.2. The van der Waals surface area contributed by atoms with Gasteiger partial charge in [0.25, 0.3) is 0 Å². The first-order valence-corrected chi connectivity index (χ1v) is 9.35. The van der Waals surface area contributed by atoms with E-state index in [1.54, 1.807) is 23.1 Å². The van der Waals surface area contributed by atoms with Crippen molar-refractivity contribution < 1.29 is 0 Å². The molecule has 0 saturated heterocycles. The molecule has 0 fully saturated rings. The highest BCUT2D eigenvalue weighted by Crippen LogP contribution is 2.26. The average molecular weight is 353 g/mol. The van der Waals surface area contributed by atoms with Crippen molar-refractivity contribution in [1.29, 1.82) is 0 Å². The minimum absolute atomic E-state index is 0.766. The topological polar surface area (TPSA) is 55.1 Å². The van der Waals surface area contributed by atoms with E-state index in [0.717, 1.165) is 33.1 Å². The third kappa shape index (κ3) is 3.27. The Balaban J connectivity index is 1.42. The van der Waals surface area contributed by atoms with Crippen molar-refractivity contribution in [1.82, 2.24) is 19.6 Å². The first-order chi connectivity index (χ1) is 11.8. The number of pyridine rings is 1. The predicted octanol–water partition coefficient (Wildman–Crippen LogP) is 4.53. The van der Waals surface area contributed by atoms with Gasteiger partial charge >= 0.3 is 0 Å². The molecule has 0 saturated carbocycles.